The highest BCUT2D eigenvalue weighted by molar-refractivity contribution is 7.22. The maximum Gasteiger partial charge on any atom is 0.260 e. The molecule has 0 saturated carbocycles. The normalized spacial score (nSPS) is 14.5. The summed E-state index contributed by atoms with van der Waals surface area (Å²) < 4.78 is 12.4. The molecule has 0 radical (unpaired) electrons. The predicted octanol–water partition coefficient (Wildman–Crippen LogP) is 4.84. The second kappa shape index (κ2) is 11.4. The van der Waals surface area contributed by atoms with E-state index in [9.17, 15) is 4.79 Å². The molecule has 1 amide bonds. The molecule has 0 bridgehead atoms. The number of benzene rings is 2. The van der Waals surface area contributed by atoms with Gasteiger partial charge >= 0.3 is 0 Å². The van der Waals surface area contributed by atoms with Gasteiger partial charge in [-0.3, -0.25) is 14.6 Å². The number of thiazole rings is 1. The monoisotopic (exact) mass is 453 g/mol. The summed E-state index contributed by atoms with van der Waals surface area (Å²) in [5.74, 6) is 0.703. The zero-order valence-electron chi connectivity index (χ0n) is 18.7. The van der Waals surface area contributed by atoms with Gasteiger partial charge < -0.3 is 9.47 Å². The molecule has 2 aromatic carbocycles. The van der Waals surface area contributed by atoms with Gasteiger partial charge in [0.1, 0.15) is 5.75 Å². The fourth-order valence-corrected chi connectivity index (χ4v) is 4.74. The molecule has 32 heavy (non-hydrogen) atoms. The van der Waals surface area contributed by atoms with Crippen molar-refractivity contribution < 1.29 is 14.3 Å². The number of fused-ring (bicyclic) bond motifs is 1. The van der Waals surface area contributed by atoms with Crippen molar-refractivity contribution in [3.63, 3.8) is 0 Å². The number of morpholine rings is 1. The molecular formula is C25H31N3O3S. The molecule has 1 fully saturated rings. The van der Waals surface area contributed by atoms with E-state index in [1.165, 1.54) is 0 Å². The average molecular weight is 454 g/mol. The standard InChI is InChI=1S/C25H31N3O3S/c1-2-3-16-31-21-9-6-8-20(19-21)24(29)28(13-7-12-27-14-17-30-18-15-27)25-26-22-10-4-5-11-23(22)32-25/h4-6,8-11,19H,2-3,7,12-18H2,1H3. The topological polar surface area (TPSA) is 54.9 Å². The summed E-state index contributed by atoms with van der Waals surface area (Å²) >= 11 is 1.56. The Morgan fingerprint density at radius 3 is 2.81 bits per heavy atom. The van der Waals surface area contributed by atoms with E-state index in [2.05, 4.69) is 17.9 Å². The van der Waals surface area contributed by atoms with Crippen LogP contribution in [0.5, 0.6) is 5.75 Å². The first kappa shape index (κ1) is 22.7. The fourth-order valence-electron chi connectivity index (χ4n) is 3.75. The highest BCUT2D eigenvalue weighted by Crippen LogP contribution is 2.30. The first-order valence-corrected chi connectivity index (χ1v) is 12.3. The Morgan fingerprint density at radius 1 is 1.16 bits per heavy atom. The van der Waals surface area contributed by atoms with Crippen LogP contribution in [0, 0.1) is 0 Å². The molecule has 0 N–H and O–H groups in total. The van der Waals surface area contributed by atoms with Gasteiger partial charge in [0.15, 0.2) is 5.13 Å². The molecule has 4 rings (SSSR count). The Morgan fingerprint density at radius 2 is 2.00 bits per heavy atom. The minimum Gasteiger partial charge on any atom is -0.494 e. The Balaban J connectivity index is 1.52. The third-order valence-corrected chi connectivity index (χ3v) is 6.63. The van der Waals surface area contributed by atoms with Crippen molar-refractivity contribution in [3.8, 4) is 5.75 Å². The molecule has 0 atom stereocenters. The number of para-hydroxylation sites is 1. The third-order valence-electron chi connectivity index (χ3n) is 5.57. The van der Waals surface area contributed by atoms with E-state index in [0.29, 0.717) is 18.7 Å². The van der Waals surface area contributed by atoms with Crippen molar-refractivity contribution >= 4 is 32.6 Å². The van der Waals surface area contributed by atoms with E-state index >= 15 is 0 Å². The van der Waals surface area contributed by atoms with Gasteiger partial charge in [0.05, 0.1) is 30.0 Å². The van der Waals surface area contributed by atoms with Gasteiger partial charge in [0.2, 0.25) is 0 Å². The van der Waals surface area contributed by atoms with Crippen LogP contribution in [0.25, 0.3) is 10.2 Å². The minimum absolute atomic E-state index is 0.0352. The van der Waals surface area contributed by atoms with Crippen LogP contribution in [-0.2, 0) is 4.74 Å². The summed E-state index contributed by atoms with van der Waals surface area (Å²) in [5.41, 5.74) is 1.56. The van der Waals surface area contributed by atoms with Crippen LogP contribution in [0.4, 0.5) is 5.13 Å². The lowest BCUT2D eigenvalue weighted by Gasteiger charge is -2.27. The summed E-state index contributed by atoms with van der Waals surface area (Å²) in [6, 6.07) is 15.5. The number of carbonyl (C=O) groups excluding carboxylic acids is 1. The van der Waals surface area contributed by atoms with Crippen molar-refractivity contribution in [2.45, 2.75) is 26.2 Å². The number of carbonyl (C=O) groups is 1. The van der Waals surface area contributed by atoms with Crippen molar-refractivity contribution in [1.82, 2.24) is 9.88 Å². The van der Waals surface area contributed by atoms with Crippen LogP contribution in [0.15, 0.2) is 48.5 Å². The largest absolute Gasteiger partial charge is 0.494 e. The van der Waals surface area contributed by atoms with Gasteiger partial charge in [-0.1, -0.05) is 42.9 Å². The molecule has 0 unspecified atom stereocenters. The number of unbranched alkanes of at least 4 members (excludes halogenated alkanes) is 1. The molecule has 6 nitrogen and oxygen atoms in total. The molecule has 2 heterocycles. The highest BCUT2D eigenvalue weighted by Gasteiger charge is 2.22. The molecule has 1 aliphatic heterocycles. The second-order valence-electron chi connectivity index (χ2n) is 7.96. The van der Waals surface area contributed by atoms with Crippen LogP contribution in [0.2, 0.25) is 0 Å². The average Bonchev–Trinajstić information content (AvgIpc) is 3.26. The summed E-state index contributed by atoms with van der Waals surface area (Å²) in [4.78, 5) is 22.6. The summed E-state index contributed by atoms with van der Waals surface area (Å²) in [6.45, 7) is 7.83. The number of ether oxygens (including phenoxy) is 2. The van der Waals surface area contributed by atoms with Crippen molar-refractivity contribution in [2.24, 2.45) is 0 Å². The molecule has 0 spiro atoms. The molecular weight excluding hydrogens is 422 g/mol. The number of rotatable bonds is 10. The molecule has 1 aliphatic rings. The van der Waals surface area contributed by atoms with Crippen LogP contribution in [0.1, 0.15) is 36.5 Å². The Labute approximate surface area is 193 Å². The Bertz CT molecular complexity index is 983. The minimum atomic E-state index is -0.0352. The molecule has 170 valence electrons. The number of nitrogens with zero attached hydrogens (tertiary/aromatic N) is 3. The lowest BCUT2D eigenvalue weighted by Crippen LogP contribution is -2.39. The van der Waals surface area contributed by atoms with E-state index in [-0.39, 0.29) is 5.91 Å². The van der Waals surface area contributed by atoms with Crippen LogP contribution >= 0.6 is 11.3 Å². The zero-order chi connectivity index (χ0) is 22.2. The lowest BCUT2D eigenvalue weighted by molar-refractivity contribution is 0.0376. The van der Waals surface area contributed by atoms with Crippen molar-refractivity contribution in [3.05, 3.63) is 54.1 Å². The van der Waals surface area contributed by atoms with Gasteiger partial charge in [0, 0.05) is 31.7 Å². The first-order chi connectivity index (χ1) is 15.7. The number of amides is 1. The zero-order valence-corrected chi connectivity index (χ0v) is 19.5. The van der Waals surface area contributed by atoms with Gasteiger partial charge in [-0.15, -0.1) is 0 Å². The van der Waals surface area contributed by atoms with Crippen molar-refractivity contribution in [1.29, 1.82) is 0 Å². The maximum absolute atomic E-state index is 13.6. The molecule has 7 heteroatoms. The summed E-state index contributed by atoms with van der Waals surface area (Å²) in [7, 11) is 0. The maximum atomic E-state index is 13.6. The van der Waals surface area contributed by atoms with E-state index in [0.717, 1.165) is 73.2 Å². The Hall–Kier alpha value is -2.48. The van der Waals surface area contributed by atoms with Crippen LogP contribution < -0.4 is 9.64 Å². The molecule has 0 aliphatic carbocycles. The van der Waals surface area contributed by atoms with Gasteiger partial charge in [-0.2, -0.15) is 0 Å². The third kappa shape index (κ3) is 5.85. The smallest absolute Gasteiger partial charge is 0.260 e. The molecule has 1 saturated heterocycles. The SMILES string of the molecule is CCCCOc1cccc(C(=O)N(CCCN2CCOCC2)c2nc3ccccc3s2)c1. The van der Waals surface area contributed by atoms with E-state index in [1.807, 2.05) is 47.4 Å². The van der Waals surface area contributed by atoms with E-state index in [1.54, 1.807) is 11.3 Å². The second-order valence-corrected chi connectivity index (χ2v) is 8.97. The number of hydrogen-bond acceptors (Lipinski definition) is 6. The summed E-state index contributed by atoms with van der Waals surface area (Å²) in [5, 5.41) is 0.746. The number of hydrogen-bond donors (Lipinski definition) is 0. The van der Waals surface area contributed by atoms with Gasteiger partial charge in [0.25, 0.3) is 5.91 Å². The fraction of sp³-hybridized carbons (Fsp3) is 0.440. The summed E-state index contributed by atoms with van der Waals surface area (Å²) in [6.07, 6.45) is 2.96. The van der Waals surface area contributed by atoms with Crippen LogP contribution in [-0.4, -0.2) is 61.8 Å². The number of anilines is 1. The molecule has 3 aromatic rings. The van der Waals surface area contributed by atoms with Gasteiger partial charge in [-0.05, 0) is 43.2 Å². The van der Waals surface area contributed by atoms with Crippen molar-refractivity contribution in [2.75, 3.05) is 50.9 Å². The van der Waals surface area contributed by atoms with E-state index in [4.69, 9.17) is 14.5 Å². The molecule has 1 aromatic heterocycles. The quantitative estimate of drug-likeness (QED) is 0.411. The Kier molecular flexibility index (Phi) is 8.09. The lowest BCUT2D eigenvalue weighted by atomic mass is 10.2. The first-order valence-electron chi connectivity index (χ1n) is 11.4. The predicted molar refractivity (Wildman–Crippen MR) is 130 cm³/mol. The highest BCUT2D eigenvalue weighted by atomic mass is 32.1. The number of aromatic nitrogens is 1. The van der Waals surface area contributed by atoms with Gasteiger partial charge in [-0.25, -0.2) is 4.98 Å². The van der Waals surface area contributed by atoms with E-state index < -0.39 is 0 Å². The van der Waals surface area contributed by atoms with Crippen LogP contribution in [0.3, 0.4) is 0 Å².